The van der Waals surface area contributed by atoms with Gasteiger partial charge in [0.05, 0.1) is 30.5 Å². The highest BCUT2D eigenvalue weighted by Gasteiger charge is 2.37. The summed E-state index contributed by atoms with van der Waals surface area (Å²) in [5.41, 5.74) is -1.32. The molecule has 0 bridgehead atoms. The fourth-order valence-electron chi connectivity index (χ4n) is 5.18. The van der Waals surface area contributed by atoms with Crippen molar-refractivity contribution in [3.8, 4) is 5.75 Å². The van der Waals surface area contributed by atoms with Gasteiger partial charge in [0.2, 0.25) is 5.96 Å². The van der Waals surface area contributed by atoms with Crippen LogP contribution >= 0.6 is 0 Å². The number of likely N-dealkylation sites (tertiary alicyclic amines) is 1. The number of unbranched alkanes of at least 4 members (excludes halogenated alkanes) is 1. The summed E-state index contributed by atoms with van der Waals surface area (Å²) in [7, 11) is 0. The highest BCUT2D eigenvalue weighted by molar-refractivity contribution is 6.03. The maximum atomic E-state index is 14.3. The third kappa shape index (κ3) is 17.1. The summed E-state index contributed by atoms with van der Waals surface area (Å²) < 4.78 is 64.3. The van der Waals surface area contributed by atoms with Gasteiger partial charge < -0.3 is 23.8 Å². The van der Waals surface area contributed by atoms with Crippen molar-refractivity contribution in [1.29, 1.82) is 0 Å². The molecule has 1 fully saturated rings. The molecule has 2 rings (SSSR count). The number of nitrogens with zero attached hydrogens (tertiary/aromatic N) is 3. The van der Waals surface area contributed by atoms with Crippen molar-refractivity contribution >= 4 is 35.5 Å². The zero-order valence-electron chi connectivity index (χ0n) is 33.7. The van der Waals surface area contributed by atoms with Crippen molar-refractivity contribution < 1.29 is 46.5 Å². The van der Waals surface area contributed by atoms with E-state index in [-0.39, 0.29) is 36.4 Å². The van der Waals surface area contributed by atoms with E-state index in [1.807, 2.05) is 34.6 Å². The molecule has 1 aromatic rings. The van der Waals surface area contributed by atoms with E-state index in [0.29, 0.717) is 56.5 Å². The Labute approximate surface area is 313 Å². The van der Waals surface area contributed by atoms with Gasteiger partial charge in [-0.2, -0.15) is 13.2 Å². The van der Waals surface area contributed by atoms with Gasteiger partial charge in [-0.05, 0) is 104 Å². The minimum Gasteiger partial charge on any atom is -0.493 e. The second kappa shape index (κ2) is 21.6. The van der Waals surface area contributed by atoms with Gasteiger partial charge in [-0.3, -0.25) is 15.1 Å². The van der Waals surface area contributed by atoms with E-state index in [1.165, 1.54) is 13.0 Å². The second-order valence-corrected chi connectivity index (χ2v) is 14.3. The molecule has 1 aliphatic rings. The van der Waals surface area contributed by atoms with Gasteiger partial charge in [0, 0.05) is 24.7 Å². The molecule has 1 aliphatic heterocycles. The van der Waals surface area contributed by atoms with E-state index in [0.717, 1.165) is 6.07 Å². The number of hydrogen-bond acceptors (Lipinski definition) is 8. The first-order chi connectivity index (χ1) is 24.6. The van der Waals surface area contributed by atoms with Crippen LogP contribution in [-0.2, 0) is 25.2 Å². The highest BCUT2D eigenvalue weighted by Crippen LogP contribution is 2.39. The average molecular weight is 755 g/mol. The molecule has 0 saturated carbocycles. The molecule has 0 aliphatic carbocycles. The number of aliphatic imine (C=N–C) groups is 2. The minimum atomic E-state index is -4.70. The summed E-state index contributed by atoms with van der Waals surface area (Å²) in [5, 5.41) is 2.63. The molecule has 53 heavy (non-hydrogen) atoms. The third-order valence-electron chi connectivity index (χ3n) is 7.52. The SMILES string of the molecule is CC.CC/C=C(\N=C(C(C)CC)C1CCCN1/C(=N/C(=O)OC(C)(C)C)NC(=O)OC(C)(C)C)c1ccc(OCCCCOC(C)=O)c(C(F)(F)F)c1. The van der Waals surface area contributed by atoms with E-state index in [2.05, 4.69) is 10.3 Å². The maximum absolute atomic E-state index is 14.3. The van der Waals surface area contributed by atoms with Crippen molar-refractivity contribution in [2.24, 2.45) is 15.9 Å². The predicted molar refractivity (Wildman–Crippen MR) is 202 cm³/mol. The molecular formula is C39H61F3N4O7. The van der Waals surface area contributed by atoms with Crippen molar-refractivity contribution in [1.82, 2.24) is 10.2 Å². The Hall–Kier alpha value is -4.10. The lowest BCUT2D eigenvalue weighted by Gasteiger charge is -2.32. The summed E-state index contributed by atoms with van der Waals surface area (Å²) in [5.74, 6) is -0.920. The number of halogens is 3. The summed E-state index contributed by atoms with van der Waals surface area (Å²) in [6.45, 7) is 21.9. The summed E-state index contributed by atoms with van der Waals surface area (Å²) in [4.78, 5) is 47.7. The van der Waals surface area contributed by atoms with E-state index in [1.54, 1.807) is 58.6 Å². The molecule has 1 aromatic carbocycles. The number of guanidine groups is 1. The second-order valence-electron chi connectivity index (χ2n) is 14.3. The van der Waals surface area contributed by atoms with Crippen LogP contribution in [0.2, 0.25) is 0 Å². The molecule has 2 unspecified atom stereocenters. The summed E-state index contributed by atoms with van der Waals surface area (Å²) in [6.07, 6.45) is -1.39. The number of carbonyl (C=O) groups excluding carboxylic acids is 3. The van der Waals surface area contributed by atoms with Crippen LogP contribution in [0, 0.1) is 5.92 Å². The van der Waals surface area contributed by atoms with Gasteiger partial charge in [0.25, 0.3) is 0 Å². The number of alkyl halides is 3. The van der Waals surface area contributed by atoms with E-state index in [9.17, 15) is 27.6 Å². The number of esters is 1. The lowest BCUT2D eigenvalue weighted by molar-refractivity contribution is -0.141. The zero-order chi connectivity index (χ0) is 40.6. The number of nitrogens with one attached hydrogen (secondary N) is 1. The minimum absolute atomic E-state index is 0.0136. The van der Waals surface area contributed by atoms with Gasteiger partial charge >= 0.3 is 24.3 Å². The standard InChI is InChI=1S/C37H55F3N4O7.C2H6/c1-11-16-28(26-18-19-30(27(23-26)37(38,39)40)49-22-14-13-21-48-25(4)45)41-31(24(3)12-2)29-17-15-20-44(29)32(42-33(46)50-35(5,6)7)43-34(47)51-36(8,9)10;1-2/h16,18-19,23-24,29H,11-15,17,20-22H2,1-10H3,(H,42,43,46,47);1-2H3/b28-16-,41-31?;. The average Bonchev–Trinajstić information content (AvgIpc) is 3.52. The number of ether oxygens (including phenoxy) is 4. The van der Waals surface area contributed by atoms with Gasteiger partial charge in [-0.25, -0.2) is 9.59 Å². The normalized spacial score (nSPS) is 16.3. The lowest BCUT2D eigenvalue weighted by atomic mass is 9.94. The summed E-state index contributed by atoms with van der Waals surface area (Å²) in [6, 6.07) is 3.44. The molecule has 1 saturated heterocycles. The van der Waals surface area contributed by atoms with Crippen molar-refractivity contribution in [3.63, 3.8) is 0 Å². The first kappa shape index (κ1) is 46.9. The molecule has 0 aromatic heterocycles. The number of rotatable bonds is 12. The van der Waals surface area contributed by atoms with Crippen LogP contribution in [0.3, 0.4) is 0 Å². The molecular weight excluding hydrogens is 693 g/mol. The van der Waals surface area contributed by atoms with Crippen LogP contribution in [-0.4, -0.2) is 71.7 Å². The number of amides is 2. The van der Waals surface area contributed by atoms with Crippen LogP contribution in [0.4, 0.5) is 22.8 Å². The number of carbonyl (C=O) groups is 3. The topological polar surface area (TPSA) is 128 Å². The Morgan fingerprint density at radius 2 is 1.60 bits per heavy atom. The van der Waals surface area contributed by atoms with Gasteiger partial charge in [0.1, 0.15) is 17.0 Å². The van der Waals surface area contributed by atoms with Crippen LogP contribution in [0.25, 0.3) is 5.70 Å². The molecule has 1 N–H and O–H groups in total. The van der Waals surface area contributed by atoms with Crippen LogP contribution in [0.15, 0.2) is 34.3 Å². The van der Waals surface area contributed by atoms with E-state index >= 15 is 0 Å². The Kier molecular flexibility index (Phi) is 19.1. The molecule has 300 valence electrons. The first-order valence-corrected chi connectivity index (χ1v) is 18.5. The highest BCUT2D eigenvalue weighted by atomic mass is 19.4. The monoisotopic (exact) mass is 754 g/mol. The van der Waals surface area contributed by atoms with Gasteiger partial charge in [-0.1, -0.05) is 40.7 Å². The molecule has 0 spiro atoms. The molecule has 2 atom stereocenters. The quantitative estimate of drug-likeness (QED) is 0.0734. The molecule has 0 radical (unpaired) electrons. The fourth-order valence-corrected chi connectivity index (χ4v) is 5.18. The van der Waals surface area contributed by atoms with Crippen molar-refractivity contribution in [3.05, 3.63) is 35.4 Å². The van der Waals surface area contributed by atoms with Crippen molar-refractivity contribution in [2.75, 3.05) is 19.8 Å². The number of allylic oxidation sites excluding steroid dienone is 1. The molecule has 2 amide bonds. The largest absolute Gasteiger partial charge is 0.493 e. The number of hydrogen-bond donors (Lipinski definition) is 1. The zero-order valence-corrected chi connectivity index (χ0v) is 33.7. The van der Waals surface area contributed by atoms with E-state index < -0.39 is 47.1 Å². The Morgan fingerprint density at radius 1 is 0.981 bits per heavy atom. The van der Waals surface area contributed by atoms with Crippen LogP contribution in [0.1, 0.15) is 133 Å². The van der Waals surface area contributed by atoms with Crippen LogP contribution < -0.4 is 10.1 Å². The predicted octanol–water partition coefficient (Wildman–Crippen LogP) is 9.97. The van der Waals surface area contributed by atoms with Gasteiger partial charge in [0.15, 0.2) is 0 Å². The molecule has 14 heteroatoms. The number of benzene rings is 1. The van der Waals surface area contributed by atoms with Crippen LogP contribution in [0.5, 0.6) is 5.75 Å². The Balaban J connectivity index is 0.00000690. The molecule has 11 nitrogen and oxygen atoms in total. The Morgan fingerprint density at radius 3 is 2.15 bits per heavy atom. The first-order valence-electron chi connectivity index (χ1n) is 18.5. The van der Waals surface area contributed by atoms with Gasteiger partial charge in [-0.15, -0.1) is 4.99 Å². The summed E-state index contributed by atoms with van der Waals surface area (Å²) >= 11 is 0. The Bertz CT molecular complexity index is 1440. The number of alkyl carbamates (subject to hydrolysis) is 1. The lowest BCUT2D eigenvalue weighted by Crippen LogP contribution is -2.51. The van der Waals surface area contributed by atoms with E-state index in [4.69, 9.17) is 23.9 Å². The third-order valence-corrected chi connectivity index (χ3v) is 7.52. The fraction of sp³-hybridized carbons (Fsp3) is 0.667. The maximum Gasteiger partial charge on any atom is 0.437 e. The molecule has 1 heterocycles. The van der Waals surface area contributed by atoms with Crippen molar-refractivity contribution in [2.45, 2.75) is 145 Å². The smallest absolute Gasteiger partial charge is 0.437 e.